The first-order chi connectivity index (χ1) is 34.2. The van der Waals surface area contributed by atoms with Crippen LogP contribution in [-0.2, 0) is 14.2 Å². The van der Waals surface area contributed by atoms with Crippen LogP contribution in [0, 0.1) is 65.0 Å². The van der Waals surface area contributed by atoms with Gasteiger partial charge in [-0.15, -0.1) is 0 Å². The van der Waals surface area contributed by atoms with Crippen molar-refractivity contribution in [1.82, 2.24) is 10.2 Å². The highest BCUT2D eigenvalue weighted by atomic mass is 32.2. The van der Waals surface area contributed by atoms with Crippen LogP contribution >= 0.6 is 11.8 Å². The molecule has 6 saturated heterocycles. The highest BCUT2D eigenvalue weighted by molar-refractivity contribution is 8.02. The summed E-state index contributed by atoms with van der Waals surface area (Å²) in [6.07, 6.45) is 14.1. The van der Waals surface area contributed by atoms with Crippen molar-refractivity contribution < 1.29 is 14.2 Å². The van der Waals surface area contributed by atoms with Crippen LogP contribution in [0.3, 0.4) is 0 Å². The Morgan fingerprint density at radius 3 is 0.744 bits per heavy atom. The molecule has 1 N–H and O–H groups in total. The van der Waals surface area contributed by atoms with Gasteiger partial charge in [-0.25, -0.2) is 0 Å². The van der Waals surface area contributed by atoms with Gasteiger partial charge in [-0.3, -0.25) is 4.90 Å². The predicted octanol–water partition coefficient (Wildman–Crippen LogP) is 21.6. The number of hydrogen-bond acceptors (Lipinski definition) is 6. The Labute approximate surface area is 496 Å². The van der Waals surface area contributed by atoms with Crippen molar-refractivity contribution in [2.75, 3.05) is 45.7 Å². The Morgan fingerprint density at radius 2 is 0.641 bits per heavy atom. The molecule has 6 rings (SSSR count). The monoisotopic (exact) mass is 1120 g/mol. The third-order valence-corrected chi connectivity index (χ3v) is 23.8. The molecule has 6 aliphatic heterocycles. The van der Waals surface area contributed by atoms with Gasteiger partial charge in [0.1, 0.15) is 0 Å². The number of nitrogens with one attached hydrogen (secondary N) is 1. The lowest BCUT2D eigenvalue weighted by molar-refractivity contribution is -0.258. The molecular formula is C72H146N2O3S. The highest BCUT2D eigenvalue weighted by Gasteiger charge is 2.59. The first kappa shape index (κ1) is 76.2. The summed E-state index contributed by atoms with van der Waals surface area (Å²) in [5.41, 5.74) is 4.63. The van der Waals surface area contributed by atoms with E-state index < -0.39 is 0 Å². The Morgan fingerprint density at radius 1 is 0.321 bits per heavy atom. The molecule has 0 aliphatic carbocycles. The van der Waals surface area contributed by atoms with E-state index in [0.717, 1.165) is 19.8 Å². The Bertz CT molecular complexity index is 1580. The normalized spacial score (nSPS) is 23.7. The SMILES string of the molecule is CC(C)(C)C1(C(C)(C)C)CCCCO1.CC(C)(C)C1(C(C)(C)C)CCCN1.CC(C)(C)C1(C(C)(C)C)CCCO1.CC(C)(C)C1(C(C)(C)C)CCO1.CC(C)(C)C1(C(C)(C)C)CCS1.CN1CCCC1(C(C)(C)C)C(C)(C)C. The van der Waals surface area contributed by atoms with Gasteiger partial charge in [0, 0.05) is 35.5 Å². The molecule has 0 aromatic carbocycles. The van der Waals surface area contributed by atoms with Gasteiger partial charge in [0.25, 0.3) is 0 Å². The average Bonchev–Trinajstić information content (AvgIpc) is 3.92. The smallest absolute Gasteiger partial charge is 0.0800 e. The summed E-state index contributed by atoms with van der Waals surface area (Å²) in [6.45, 7) is 89.3. The molecule has 0 atom stereocenters. The molecule has 6 fully saturated rings. The van der Waals surface area contributed by atoms with E-state index >= 15 is 0 Å². The van der Waals surface area contributed by atoms with Gasteiger partial charge >= 0.3 is 0 Å². The fraction of sp³-hybridized carbons (Fsp3) is 1.00. The fourth-order valence-electron chi connectivity index (χ4n) is 18.4. The Hall–Kier alpha value is 0.150. The van der Waals surface area contributed by atoms with Crippen LogP contribution in [0.25, 0.3) is 0 Å². The zero-order chi connectivity index (χ0) is 62.1. The van der Waals surface area contributed by atoms with Gasteiger partial charge in [0.15, 0.2) is 0 Å². The molecule has 0 spiro atoms. The van der Waals surface area contributed by atoms with Crippen molar-refractivity contribution in [2.45, 2.75) is 353 Å². The molecule has 0 unspecified atom stereocenters. The molecule has 0 bridgehead atoms. The van der Waals surface area contributed by atoms with Gasteiger partial charge in [-0.05, 0) is 155 Å². The quantitative estimate of drug-likeness (QED) is 0.261. The second-order valence-corrected chi connectivity index (χ2v) is 39.5. The van der Waals surface area contributed by atoms with E-state index in [4.69, 9.17) is 14.2 Å². The maximum absolute atomic E-state index is 6.19. The zero-order valence-electron chi connectivity index (χ0n) is 60.6. The first-order valence-electron chi connectivity index (χ1n) is 32.2. The van der Waals surface area contributed by atoms with Crippen molar-refractivity contribution in [1.29, 1.82) is 0 Å². The molecular weight excluding hydrogens is 973 g/mol. The second-order valence-electron chi connectivity index (χ2n) is 38.1. The van der Waals surface area contributed by atoms with E-state index in [0.29, 0.717) is 48.3 Å². The number of nitrogens with zero attached hydrogens (tertiary/aromatic N) is 1. The number of hydrogen-bond donors (Lipinski definition) is 1. The van der Waals surface area contributed by atoms with E-state index in [1.165, 1.54) is 89.5 Å². The summed E-state index contributed by atoms with van der Waals surface area (Å²) in [7, 11) is 2.30. The van der Waals surface area contributed by atoms with E-state index in [9.17, 15) is 0 Å². The van der Waals surface area contributed by atoms with Crippen molar-refractivity contribution in [2.24, 2.45) is 65.0 Å². The molecule has 468 valence electrons. The van der Waals surface area contributed by atoms with Crippen LogP contribution in [0.4, 0.5) is 0 Å². The second kappa shape index (κ2) is 25.2. The van der Waals surface area contributed by atoms with E-state index in [1.54, 1.807) is 0 Å². The Kier molecular flexibility index (Phi) is 24.6. The molecule has 0 radical (unpaired) electrons. The first-order valence-corrected chi connectivity index (χ1v) is 33.2. The highest BCUT2D eigenvalue weighted by Crippen LogP contribution is 2.62. The molecule has 6 heteroatoms. The van der Waals surface area contributed by atoms with Crippen molar-refractivity contribution in [3.8, 4) is 0 Å². The third-order valence-electron chi connectivity index (χ3n) is 21.5. The third kappa shape index (κ3) is 15.8. The van der Waals surface area contributed by atoms with Gasteiger partial charge in [-0.1, -0.05) is 249 Å². The maximum atomic E-state index is 6.19. The lowest BCUT2D eigenvalue weighted by Crippen LogP contribution is -2.61. The molecule has 6 aliphatic rings. The lowest BCUT2D eigenvalue weighted by atomic mass is 9.59. The summed E-state index contributed by atoms with van der Waals surface area (Å²) < 4.78 is 18.6. The Balaban J connectivity index is 0.000000468. The fourth-order valence-corrected chi connectivity index (χ4v) is 19.9. The van der Waals surface area contributed by atoms with Gasteiger partial charge in [-0.2, -0.15) is 11.8 Å². The number of thioether (sulfide) groups is 1. The van der Waals surface area contributed by atoms with Crippen molar-refractivity contribution in [3.05, 3.63) is 0 Å². The van der Waals surface area contributed by atoms with E-state index in [-0.39, 0.29) is 49.3 Å². The standard InChI is InChI=1S/C13H27N.C13H26O.C12H25N.C12H24O.C11H22O.C11H22S/c1-11(2,3)13(12(4,5)6)9-8-10-14(13)7;1-11(2,3)13(12(4,5)6)9-7-8-10-14-13;2*1-10(2,3)12(11(4,5)6)8-7-9-13-12;2*1-9(2,3)11(7-8-12-11)10(4,5)6/h8-10H2,1-7H3;7-10H2,1-6H3;13H,7-9H2,1-6H3;7-9H2,1-6H3;2*7-8H2,1-6H3. The minimum atomic E-state index is 0.0538. The average molecular weight is 1120 g/mol. The van der Waals surface area contributed by atoms with Crippen LogP contribution in [-0.4, -0.2) is 83.2 Å². The molecule has 5 nitrogen and oxygen atoms in total. The molecule has 78 heavy (non-hydrogen) atoms. The van der Waals surface area contributed by atoms with Gasteiger partial charge < -0.3 is 19.5 Å². The van der Waals surface area contributed by atoms with Gasteiger partial charge in [0.05, 0.1) is 23.4 Å². The largest absolute Gasteiger partial charge is 0.374 e. The summed E-state index contributed by atoms with van der Waals surface area (Å²) in [6, 6.07) is 0. The molecule has 0 amide bonds. The van der Waals surface area contributed by atoms with Crippen molar-refractivity contribution in [3.63, 3.8) is 0 Å². The number of rotatable bonds is 0. The van der Waals surface area contributed by atoms with Gasteiger partial charge in [0.2, 0.25) is 0 Å². The van der Waals surface area contributed by atoms with Crippen LogP contribution in [0.15, 0.2) is 0 Å². The van der Waals surface area contributed by atoms with Crippen LogP contribution < -0.4 is 5.32 Å². The topological polar surface area (TPSA) is 43.0 Å². The minimum Gasteiger partial charge on any atom is -0.374 e. The molecule has 6 heterocycles. The van der Waals surface area contributed by atoms with E-state index in [2.05, 4.69) is 278 Å². The summed E-state index contributed by atoms with van der Waals surface area (Å²) >= 11 is 2.17. The summed E-state index contributed by atoms with van der Waals surface area (Å²) in [4.78, 5) is 2.59. The predicted molar refractivity (Wildman–Crippen MR) is 352 cm³/mol. The number of likely N-dealkylation sites (tertiary alicyclic amines) is 1. The van der Waals surface area contributed by atoms with Crippen LogP contribution in [0.2, 0.25) is 0 Å². The van der Waals surface area contributed by atoms with Crippen molar-refractivity contribution >= 4 is 11.8 Å². The van der Waals surface area contributed by atoms with E-state index in [1.807, 2.05) is 0 Å². The molecule has 0 aromatic rings. The number of ether oxygens (including phenoxy) is 3. The lowest BCUT2D eigenvalue weighted by Gasteiger charge is -2.59. The summed E-state index contributed by atoms with van der Waals surface area (Å²) in [5, 5.41) is 3.75. The van der Waals surface area contributed by atoms with Crippen LogP contribution in [0.5, 0.6) is 0 Å². The molecule has 0 saturated carbocycles. The maximum Gasteiger partial charge on any atom is 0.0800 e. The van der Waals surface area contributed by atoms with Crippen LogP contribution in [0.1, 0.15) is 320 Å². The summed E-state index contributed by atoms with van der Waals surface area (Å²) in [5.74, 6) is 1.36. The zero-order valence-corrected chi connectivity index (χ0v) is 61.4. The molecule has 0 aromatic heterocycles. The minimum absolute atomic E-state index is 0.0538.